The van der Waals surface area contributed by atoms with Gasteiger partial charge < -0.3 is 25.0 Å². The zero-order valence-corrected chi connectivity index (χ0v) is 18.9. The number of nitrogens with one attached hydrogen (secondary N) is 2. The van der Waals surface area contributed by atoms with E-state index in [9.17, 15) is 0 Å². The Balaban J connectivity index is 0.00000261. The molecule has 1 aliphatic carbocycles. The van der Waals surface area contributed by atoms with E-state index in [4.69, 9.17) is 9.47 Å². The van der Waals surface area contributed by atoms with Crippen molar-refractivity contribution in [1.82, 2.24) is 15.5 Å². The quantitative estimate of drug-likeness (QED) is 0.351. The monoisotopic (exact) mass is 488 g/mol. The number of hydrogen-bond acceptors (Lipinski definition) is 4. The average molecular weight is 488 g/mol. The van der Waals surface area contributed by atoms with Crippen LogP contribution in [0.1, 0.15) is 32.6 Å². The minimum Gasteiger partial charge on any atom is -0.493 e. The number of guanidine groups is 1. The normalized spacial score (nSPS) is 19.7. The van der Waals surface area contributed by atoms with Gasteiger partial charge in [-0.05, 0) is 44.7 Å². The minimum absolute atomic E-state index is 0. The first-order valence-electron chi connectivity index (χ1n) is 9.70. The summed E-state index contributed by atoms with van der Waals surface area (Å²) in [4.78, 5) is 7.00. The summed E-state index contributed by atoms with van der Waals surface area (Å²) in [5, 5.41) is 6.94. The van der Waals surface area contributed by atoms with Crippen molar-refractivity contribution in [3.63, 3.8) is 0 Å². The van der Waals surface area contributed by atoms with Crippen LogP contribution in [-0.2, 0) is 0 Å². The second-order valence-corrected chi connectivity index (χ2v) is 7.22. The lowest BCUT2D eigenvalue weighted by atomic mass is 10.1. The summed E-state index contributed by atoms with van der Waals surface area (Å²) in [5.74, 6) is 2.37. The zero-order valence-electron chi connectivity index (χ0n) is 16.6. The Hall–Kier alpha value is -1.22. The van der Waals surface area contributed by atoms with E-state index >= 15 is 0 Å². The topological polar surface area (TPSA) is 58.1 Å². The highest BCUT2D eigenvalue weighted by Gasteiger charge is 2.31. The van der Waals surface area contributed by atoms with E-state index in [1.807, 2.05) is 38.2 Å². The number of para-hydroxylation sites is 2. The largest absolute Gasteiger partial charge is 0.493 e. The third-order valence-corrected chi connectivity index (χ3v) is 5.11. The summed E-state index contributed by atoms with van der Waals surface area (Å²) in [7, 11) is 3.48. The van der Waals surface area contributed by atoms with Crippen LogP contribution in [0.5, 0.6) is 11.5 Å². The average Bonchev–Trinajstić information content (AvgIpc) is 3.51. The molecule has 0 radical (unpaired) electrons. The summed E-state index contributed by atoms with van der Waals surface area (Å²) in [6.45, 7) is 5.12. The van der Waals surface area contributed by atoms with E-state index in [0.29, 0.717) is 12.6 Å². The molecule has 3 rings (SSSR count). The fraction of sp³-hybridized carbons (Fsp3) is 0.650. The van der Waals surface area contributed by atoms with E-state index in [-0.39, 0.29) is 30.1 Å². The molecule has 0 spiro atoms. The number of aliphatic imine (C=N–C) groups is 1. The molecule has 1 aliphatic heterocycles. The molecule has 1 saturated heterocycles. The molecule has 1 unspecified atom stereocenters. The van der Waals surface area contributed by atoms with Gasteiger partial charge in [0.05, 0.1) is 13.7 Å². The van der Waals surface area contributed by atoms with Crippen molar-refractivity contribution in [3.05, 3.63) is 24.3 Å². The van der Waals surface area contributed by atoms with E-state index in [1.54, 1.807) is 7.11 Å². The lowest BCUT2D eigenvalue weighted by Gasteiger charge is -2.33. The summed E-state index contributed by atoms with van der Waals surface area (Å²) in [6, 6.07) is 9.10. The van der Waals surface area contributed by atoms with Gasteiger partial charge in [0.15, 0.2) is 17.5 Å². The van der Waals surface area contributed by atoms with Crippen LogP contribution in [-0.4, -0.2) is 62.8 Å². The van der Waals surface area contributed by atoms with Crippen LogP contribution in [0.2, 0.25) is 0 Å². The molecule has 1 heterocycles. The van der Waals surface area contributed by atoms with Gasteiger partial charge >= 0.3 is 0 Å². The number of hydrogen-bond donors (Lipinski definition) is 2. The van der Waals surface area contributed by atoms with Crippen molar-refractivity contribution in [2.75, 3.05) is 33.8 Å². The first-order valence-corrected chi connectivity index (χ1v) is 9.70. The summed E-state index contributed by atoms with van der Waals surface area (Å²) < 4.78 is 11.3. The minimum atomic E-state index is 0. The van der Waals surface area contributed by atoms with Gasteiger partial charge in [0.1, 0.15) is 6.10 Å². The van der Waals surface area contributed by atoms with Crippen LogP contribution in [0, 0.1) is 0 Å². The summed E-state index contributed by atoms with van der Waals surface area (Å²) in [6.07, 6.45) is 5.16. The van der Waals surface area contributed by atoms with Crippen LogP contribution >= 0.6 is 24.0 Å². The van der Waals surface area contributed by atoms with Gasteiger partial charge in [-0.25, -0.2) is 0 Å². The number of benzene rings is 1. The van der Waals surface area contributed by atoms with Gasteiger partial charge in [0.25, 0.3) is 0 Å². The fourth-order valence-corrected chi connectivity index (χ4v) is 3.45. The van der Waals surface area contributed by atoms with Crippen LogP contribution in [0.4, 0.5) is 0 Å². The van der Waals surface area contributed by atoms with Gasteiger partial charge in [-0.15, -0.1) is 24.0 Å². The van der Waals surface area contributed by atoms with Crippen molar-refractivity contribution in [2.45, 2.75) is 50.8 Å². The van der Waals surface area contributed by atoms with E-state index < -0.39 is 0 Å². The molecule has 1 aromatic carbocycles. The molecule has 1 saturated carbocycles. The second-order valence-electron chi connectivity index (χ2n) is 7.22. The van der Waals surface area contributed by atoms with E-state index in [0.717, 1.165) is 23.5 Å². The summed E-state index contributed by atoms with van der Waals surface area (Å²) in [5.41, 5.74) is 0. The molecule has 7 heteroatoms. The number of halogens is 1. The Morgan fingerprint density at radius 3 is 2.44 bits per heavy atom. The predicted molar refractivity (Wildman–Crippen MR) is 121 cm³/mol. The zero-order chi connectivity index (χ0) is 18.4. The maximum absolute atomic E-state index is 5.99. The number of likely N-dealkylation sites (tertiary alicyclic amines) is 1. The fourth-order valence-electron chi connectivity index (χ4n) is 3.45. The highest BCUT2D eigenvalue weighted by atomic mass is 127. The molecule has 2 fully saturated rings. The number of methoxy groups -OCH3 is 1. The van der Waals surface area contributed by atoms with Crippen LogP contribution < -0.4 is 20.1 Å². The molecule has 6 nitrogen and oxygen atoms in total. The third-order valence-electron chi connectivity index (χ3n) is 5.11. The highest BCUT2D eigenvalue weighted by molar-refractivity contribution is 14.0. The first-order chi connectivity index (χ1) is 12.7. The Labute approximate surface area is 180 Å². The van der Waals surface area contributed by atoms with Gasteiger partial charge in [-0.1, -0.05) is 12.1 Å². The molecule has 2 N–H and O–H groups in total. The Bertz CT molecular complexity index is 601. The molecular weight excluding hydrogens is 455 g/mol. The Morgan fingerprint density at radius 2 is 1.85 bits per heavy atom. The van der Waals surface area contributed by atoms with Crippen LogP contribution in [0.15, 0.2) is 29.3 Å². The van der Waals surface area contributed by atoms with Gasteiger partial charge in [-0.2, -0.15) is 0 Å². The number of ether oxygens (including phenoxy) is 2. The smallest absolute Gasteiger partial charge is 0.191 e. The maximum atomic E-state index is 5.99. The van der Waals surface area contributed by atoms with Crippen molar-refractivity contribution >= 4 is 29.9 Å². The summed E-state index contributed by atoms with van der Waals surface area (Å²) >= 11 is 0. The van der Waals surface area contributed by atoms with Crippen molar-refractivity contribution in [3.8, 4) is 11.5 Å². The predicted octanol–water partition coefficient (Wildman–Crippen LogP) is 2.87. The molecule has 27 heavy (non-hydrogen) atoms. The lowest BCUT2D eigenvalue weighted by Crippen LogP contribution is -2.50. The van der Waals surface area contributed by atoms with Crippen molar-refractivity contribution in [1.29, 1.82) is 0 Å². The Kier molecular flexibility index (Phi) is 8.95. The molecule has 0 aromatic heterocycles. The third kappa shape index (κ3) is 6.71. The van der Waals surface area contributed by atoms with Crippen molar-refractivity contribution < 1.29 is 9.47 Å². The van der Waals surface area contributed by atoms with Gasteiger partial charge in [0, 0.05) is 32.2 Å². The molecule has 2 aliphatic rings. The van der Waals surface area contributed by atoms with Crippen molar-refractivity contribution in [2.24, 2.45) is 4.99 Å². The first kappa shape index (κ1) is 22.1. The van der Waals surface area contributed by atoms with Crippen LogP contribution in [0.25, 0.3) is 0 Å². The standard InChI is InChI=1S/C20H32N4O2.HI/c1-15(26-19-7-5-4-6-18(19)25-3)14-22-20(21-2)23-16-10-12-24(13-11-16)17-8-9-17;/h4-7,15-17H,8-14H2,1-3H3,(H2,21,22,23);1H. The lowest BCUT2D eigenvalue weighted by molar-refractivity contribution is 0.196. The second kappa shape index (κ2) is 10.9. The number of piperidine rings is 1. The molecule has 1 atom stereocenters. The SMILES string of the molecule is CN=C(NCC(C)Oc1ccccc1OC)NC1CCN(C2CC2)CC1.I. The van der Waals surface area contributed by atoms with Gasteiger partial charge in [0.2, 0.25) is 0 Å². The maximum Gasteiger partial charge on any atom is 0.191 e. The Morgan fingerprint density at radius 1 is 1.19 bits per heavy atom. The number of nitrogens with zero attached hydrogens (tertiary/aromatic N) is 2. The molecule has 152 valence electrons. The molecule has 0 amide bonds. The van der Waals surface area contributed by atoms with E-state index in [2.05, 4.69) is 20.5 Å². The molecular formula is C20H33IN4O2. The highest BCUT2D eigenvalue weighted by Crippen LogP contribution is 2.29. The van der Waals surface area contributed by atoms with Crippen LogP contribution in [0.3, 0.4) is 0 Å². The number of rotatable bonds is 7. The van der Waals surface area contributed by atoms with E-state index in [1.165, 1.54) is 38.8 Å². The molecule has 1 aromatic rings. The molecule has 0 bridgehead atoms. The van der Waals surface area contributed by atoms with Gasteiger partial charge in [-0.3, -0.25) is 4.99 Å².